The Labute approximate surface area is 155 Å². The Morgan fingerprint density at radius 2 is 1.93 bits per heavy atom. The molecule has 0 spiro atoms. The summed E-state index contributed by atoms with van der Waals surface area (Å²) in [5, 5.41) is 0. The Bertz CT molecular complexity index is 931. The predicted octanol–water partition coefficient (Wildman–Crippen LogP) is 2.88. The van der Waals surface area contributed by atoms with Gasteiger partial charge in [-0.15, -0.1) is 0 Å². The monoisotopic (exact) mass is 371 g/mol. The molecule has 1 unspecified atom stereocenters. The molecule has 27 heavy (non-hydrogen) atoms. The highest BCUT2D eigenvalue weighted by molar-refractivity contribution is 6.14. The van der Waals surface area contributed by atoms with Crippen LogP contribution in [0.1, 0.15) is 18.4 Å². The molecule has 0 bridgehead atoms. The van der Waals surface area contributed by atoms with Gasteiger partial charge in [-0.25, -0.2) is 8.78 Å². The smallest absolute Gasteiger partial charge is 0.239 e. The predicted molar refractivity (Wildman–Crippen MR) is 98.3 cm³/mol. The van der Waals surface area contributed by atoms with Crippen LogP contribution in [0, 0.1) is 17.6 Å². The Balaban J connectivity index is 1.58. The first kappa shape index (κ1) is 17.5. The van der Waals surface area contributed by atoms with E-state index in [4.69, 9.17) is 5.73 Å². The van der Waals surface area contributed by atoms with E-state index in [9.17, 15) is 18.4 Å². The lowest BCUT2D eigenvalue weighted by Gasteiger charge is -2.31. The van der Waals surface area contributed by atoms with Crippen LogP contribution in [-0.2, 0) is 16.0 Å². The molecule has 0 radical (unpaired) electrons. The van der Waals surface area contributed by atoms with Gasteiger partial charge in [-0.05, 0) is 49.1 Å². The van der Waals surface area contributed by atoms with E-state index in [1.807, 2.05) is 6.07 Å². The molecule has 0 aromatic heterocycles. The molecular formula is C20H19F2N3O2. The van der Waals surface area contributed by atoms with Crippen LogP contribution in [0.3, 0.4) is 0 Å². The normalized spacial score (nSPS) is 19.3. The fourth-order valence-corrected chi connectivity index (χ4v) is 3.89. The van der Waals surface area contributed by atoms with E-state index in [1.165, 1.54) is 11.0 Å². The third-order valence-corrected chi connectivity index (χ3v) is 5.27. The summed E-state index contributed by atoms with van der Waals surface area (Å²) in [5.41, 5.74) is 8.62. The summed E-state index contributed by atoms with van der Waals surface area (Å²) >= 11 is 0. The van der Waals surface area contributed by atoms with Gasteiger partial charge >= 0.3 is 0 Å². The fourth-order valence-electron chi connectivity index (χ4n) is 3.89. The van der Waals surface area contributed by atoms with Gasteiger partial charge in [0.1, 0.15) is 5.92 Å². The molecule has 2 aromatic rings. The number of hydrogen-bond donors (Lipinski definition) is 1. The Morgan fingerprint density at radius 1 is 1.11 bits per heavy atom. The van der Waals surface area contributed by atoms with Crippen molar-refractivity contribution in [1.82, 2.24) is 0 Å². The van der Waals surface area contributed by atoms with Crippen molar-refractivity contribution < 1.29 is 18.4 Å². The third-order valence-electron chi connectivity index (χ3n) is 5.27. The SMILES string of the molecule is Nc1cccc2c1CCCN2C(=O)C1CCN(c2ccc(F)c(F)c2)C1=O. The average Bonchev–Trinajstić information content (AvgIpc) is 3.05. The summed E-state index contributed by atoms with van der Waals surface area (Å²) in [6.07, 6.45) is 1.91. The van der Waals surface area contributed by atoms with Gasteiger partial charge in [0.05, 0.1) is 0 Å². The molecule has 7 heteroatoms. The zero-order chi connectivity index (χ0) is 19.1. The average molecular weight is 371 g/mol. The highest BCUT2D eigenvalue weighted by Gasteiger charge is 2.41. The molecule has 2 aliphatic rings. The Morgan fingerprint density at radius 3 is 2.70 bits per heavy atom. The molecule has 0 saturated carbocycles. The quantitative estimate of drug-likeness (QED) is 0.652. The van der Waals surface area contributed by atoms with E-state index in [0.29, 0.717) is 18.7 Å². The first-order valence-corrected chi connectivity index (χ1v) is 8.92. The van der Waals surface area contributed by atoms with Crippen LogP contribution < -0.4 is 15.5 Å². The van der Waals surface area contributed by atoms with Crippen molar-refractivity contribution >= 4 is 28.9 Å². The number of fused-ring (bicyclic) bond motifs is 1. The van der Waals surface area contributed by atoms with Crippen LogP contribution in [0.5, 0.6) is 0 Å². The molecule has 1 saturated heterocycles. The lowest BCUT2D eigenvalue weighted by atomic mass is 9.97. The van der Waals surface area contributed by atoms with E-state index >= 15 is 0 Å². The third kappa shape index (κ3) is 2.93. The van der Waals surface area contributed by atoms with Gasteiger partial charge in [0.15, 0.2) is 11.6 Å². The molecule has 1 atom stereocenters. The van der Waals surface area contributed by atoms with Gasteiger partial charge in [0.2, 0.25) is 11.8 Å². The van der Waals surface area contributed by atoms with Crippen molar-refractivity contribution in [3.63, 3.8) is 0 Å². The highest BCUT2D eigenvalue weighted by Crippen LogP contribution is 2.34. The van der Waals surface area contributed by atoms with Crippen molar-refractivity contribution in [2.75, 3.05) is 28.6 Å². The molecule has 2 aliphatic heterocycles. The number of nitrogens with two attached hydrogens (primary N) is 1. The summed E-state index contributed by atoms with van der Waals surface area (Å²) < 4.78 is 26.7. The van der Waals surface area contributed by atoms with Crippen LogP contribution in [0.25, 0.3) is 0 Å². The molecule has 5 nitrogen and oxygen atoms in total. The Hall–Kier alpha value is -2.96. The van der Waals surface area contributed by atoms with Crippen molar-refractivity contribution in [1.29, 1.82) is 0 Å². The van der Waals surface area contributed by atoms with Crippen LogP contribution in [0.2, 0.25) is 0 Å². The summed E-state index contributed by atoms with van der Waals surface area (Å²) in [6, 6.07) is 8.76. The maximum Gasteiger partial charge on any atom is 0.239 e. The standard InChI is InChI=1S/C20H19F2N3O2/c21-15-7-6-12(11-16(15)22)24-10-8-14(19(24)26)20(27)25-9-2-3-13-17(23)4-1-5-18(13)25/h1,4-7,11,14H,2-3,8-10,23H2. The topological polar surface area (TPSA) is 66.6 Å². The molecule has 4 rings (SSSR count). The van der Waals surface area contributed by atoms with E-state index < -0.39 is 17.6 Å². The van der Waals surface area contributed by atoms with Crippen LogP contribution >= 0.6 is 0 Å². The first-order chi connectivity index (χ1) is 13.0. The zero-order valence-corrected chi connectivity index (χ0v) is 14.6. The minimum absolute atomic E-state index is 0.262. The summed E-state index contributed by atoms with van der Waals surface area (Å²) in [6.45, 7) is 0.822. The molecule has 1 fully saturated rings. The van der Waals surface area contributed by atoms with Gasteiger partial charge in [-0.3, -0.25) is 9.59 Å². The number of amides is 2. The maximum absolute atomic E-state index is 13.5. The summed E-state index contributed by atoms with van der Waals surface area (Å²) in [5.74, 6) is -3.47. The molecule has 2 heterocycles. The lowest BCUT2D eigenvalue weighted by molar-refractivity contribution is -0.130. The van der Waals surface area contributed by atoms with Crippen LogP contribution in [0.15, 0.2) is 36.4 Å². The van der Waals surface area contributed by atoms with Gasteiger partial charge in [-0.1, -0.05) is 6.07 Å². The van der Waals surface area contributed by atoms with E-state index in [0.717, 1.165) is 36.2 Å². The molecule has 2 aromatic carbocycles. The van der Waals surface area contributed by atoms with Crippen LogP contribution in [0.4, 0.5) is 25.8 Å². The summed E-state index contributed by atoms with van der Waals surface area (Å²) in [4.78, 5) is 28.9. The molecular weight excluding hydrogens is 352 g/mol. The fraction of sp³-hybridized carbons (Fsp3) is 0.300. The number of hydrogen-bond acceptors (Lipinski definition) is 3. The van der Waals surface area contributed by atoms with E-state index in [1.54, 1.807) is 17.0 Å². The number of carbonyl (C=O) groups excluding carboxylic acids is 2. The second kappa shape index (κ2) is 6.64. The first-order valence-electron chi connectivity index (χ1n) is 8.92. The second-order valence-corrected chi connectivity index (χ2v) is 6.87. The minimum atomic E-state index is -1.02. The van der Waals surface area contributed by atoms with Gasteiger partial charge in [-0.2, -0.15) is 0 Å². The minimum Gasteiger partial charge on any atom is -0.398 e. The number of nitrogen functional groups attached to an aromatic ring is 1. The van der Waals surface area contributed by atoms with Crippen molar-refractivity contribution in [2.24, 2.45) is 5.92 Å². The van der Waals surface area contributed by atoms with E-state index in [2.05, 4.69) is 0 Å². The number of benzene rings is 2. The number of rotatable bonds is 2. The number of nitrogens with zero attached hydrogens (tertiary/aromatic N) is 2. The molecule has 2 N–H and O–H groups in total. The lowest BCUT2D eigenvalue weighted by Crippen LogP contribution is -2.42. The molecule has 140 valence electrons. The van der Waals surface area contributed by atoms with Gasteiger partial charge in [0, 0.05) is 36.2 Å². The molecule has 0 aliphatic carbocycles. The van der Waals surface area contributed by atoms with E-state index in [-0.39, 0.29) is 24.0 Å². The van der Waals surface area contributed by atoms with Crippen molar-refractivity contribution in [3.05, 3.63) is 53.6 Å². The largest absolute Gasteiger partial charge is 0.398 e. The highest BCUT2D eigenvalue weighted by atomic mass is 19.2. The zero-order valence-electron chi connectivity index (χ0n) is 14.6. The van der Waals surface area contributed by atoms with Crippen molar-refractivity contribution in [3.8, 4) is 0 Å². The van der Waals surface area contributed by atoms with Crippen molar-refractivity contribution in [2.45, 2.75) is 19.3 Å². The molecule has 2 amide bonds. The summed E-state index contributed by atoms with van der Waals surface area (Å²) in [7, 11) is 0. The number of carbonyl (C=O) groups is 2. The second-order valence-electron chi connectivity index (χ2n) is 6.87. The number of halogens is 2. The van der Waals surface area contributed by atoms with Gasteiger partial charge < -0.3 is 15.5 Å². The van der Waals surface area contributed by atoms with Gasteiger partial charge in [0.25, 0.3) is 0 Å². The maximum atomic E-state index is 13.5. The Kier molecular flexibility index (Phi) is 4.30. The van der Waals surface area contributed by atoms with Crippen LogP contribution in [-0.4, -0.2) is 24.9 Å². The number of anilines is 3.